The van der Waals surface area contributed by atoms with Gasteiger partial charge in [0, 0.05) is 13.1 Å². The highest BCUT2D eigenvalue weighted by atomic mass is 32.2. The summed E-state index contributed by atoms with van der Waals surface area (Å²) in [7, 11) is -2.32. The maximum absolute atomic E-state index is 13.2. The molecule has 18 heavy (non-hydrogen) atoms. The Bertz CT molecular complexity index is 519. The first kappa shape index (κ1) is 15.1. The van der Waals surface area contributed by atoms with Crippen molar-refractivity contribution in [2.24, 2.45) is 0 Å². The van der Waals surface area contributed by atoms with Crippen molar-refractivity contribution in [2.45, 2.75) is 31.7 Å². The maximum atomic E-state index is 13.2. The van der Waals surface area contributed by atoms with Gasteiger partial charge in [-0.1, -0.05) is 0 Å². The number of hydrogen-bond donors (Lipinski definition) is 1. The van der Waals surface area contributed by atoms with Gasteiger partial charge in [0.15, 0.2) is 0 Å². The van der Waals surface area contributed by atoms with Crippen LogP contribution in [-0.2, 0) is 10.0 Å². The zero-order chi connectivity index (χ0) is 14.1. The molecular formula is C12H18FNO3S. The highest BCUT2D eigenvalue weighted by Crippen LogP contribution is 2.25. The summed E-state index contributed by atoms with van der Waals surface area (Å²) in [4.78, 5) is 0.103. The molecule has 0 spiro atoms. The molecule has 0 aromatic heterocycles. The number of nitrogens with zero attached hydrogens (tertiary/aromatic N) is 1. The standard InChI is InChI=1S/C12H18FNO3S/c1-8-5-11(13)6-9(2)12(8)18(16,17)14(4)10(3)7-15/h5-6,10,15H,7H2,1-4H3. The number of rotatable bonds is 4. The van der Waals surface area contributed by atoms with Gasteiger partial charge in [-0.3, -0.25) is 0 Å². The van der Waals surface area contributed by atoms with E-state index >= 15 is 0 Å². The molecule has 1 unspecified atom stereocenters. The van der Waals surface area contributed by atoms with E-state index in [2.05, 4.69) is 0 Å². The lowest BCUT2D eigenvalue weighted by Crippen LogP contribution is -2.37. The lowest BCUT2D eigenvalue weighted by Gasteiger charge is -2.24. The van der Waals surface area contributed by atoms with Crippen LogP contribution in [0.4, 0.5) is 4.39 Å². The van der Waals surface area contributed by atoms with Crippen molar-refractivity contribution >= 4 is 10.0 Å². The van der Waals surface area contributed by atoms with Crippen LogP contribution in [0.1, 0.15) is 18.1 Å². The van der Waals surface area contributed by atoms with Gasteiger partial charge in [0.05, 0.1) is 11.5 Å². The van der Waals surface area contributed by atoms with Gasteiger partial charge in [-0.2, -0.15) is 4.31 Å². The molecule has 0 saturated carbocycles. The summed E-state index contributed by atoms with van der Waals surface area (Å²) >= 11 is 0. The zero-order valence-electron chi connectivity index (χ0n) is 10.9. The van der Waals surface area contributed by atoms with Crippen LogP contribution in [0, 0.1) is 19.7 Å². The summed E-state index contributed by atoms with van der Waals surface area (Å²) in [5.41, 5.74) is 0.731. The van der Waals surface area contributed by atoms with Crippen LogP contribution < -0.4 is 0 Å². The summed E-state index contributed by atoms with van der Waals surface area (Å²) in [6.45, 7) is 4.45. The molecular weight excluding hydrogens is 257 g/mol. The highest BCUT2D eigenvalue weighted by molar-refractivity contribution is 7.89. The average molecular weight is 275 g/mol. The molecule has 1 N–H and O–H groups in total. The monoisotopic (exact) mass is 275 g/mol. The van der Waals surface area contributed by atoms with E-state index in [1.54, 1.807) is 20.8 Å². The number of aliphatic hydroxyl groups excluding tert-OH is 1. The van der Waals surface area contributed by atoms with Gasteiger partial charge in [0.1, 0.15) is 5.82 Å². The second kappa shape index (κ2) is 5.34. The smallest absolute Gasteiger partial charge is 0.243 e. The molecule has 1 rings (SSSR count). The lowest BCUT2D eigenvalue weighted by molar-refractivity contribution is 0.213. The first-order chi connectivity index (χ1) is 8.21. The Balaban J connectivity index is 3.38. The highest BCUT2D eigenvalue weighted by Gasteiger charge is 2.28. The first-order valence-electron chi connectivity index (χ1n) is 5.57. The number of aryl methyl sites for hydroxylation is 2. The molecule has 102 valence electrons. The number of halogens is 1. The van der Waals surface area contributed by atoms with Gasteiger partial charge in [0.2, 0.25) is 10.0 Å². The van der Waals surface area contributed by atoms with Crippen LogP contribution in [0.2, 0.25) is 0 Å². The topological polar surface area (TPSA) is 57.6 Å². The van der Waals surface area contributed by atoms with E-state index in [1.165, 1.54) is 19.2 Å². The molecule has 0 bridgehead atoms. The quantitative estimate of drug-likeness (QED) is 0.904. The molecule has 4 nitrogen and oxygen atoms in total. The van der Waals surface area contributed by atoms with Crippen LogP contribution in [0.25, 0.3) is 0 Å². The first-order valence-corrected chi connectivity index (χ1v) is 7.01. The molecule has 1 atom stereocenters. The summed E-state index contributed by atoms with van der Waals surface area (Å²) in [5.74, 6) is -0.457. The Morgan fingerprint density at radius 1 is 1.33 bits per heavy atom. The molecule has 0 fully saturated rings. The summed E-state index contributed by atoms with van der Waals surface area (Å²) in [6, 6.07) is 1.85. The van der Waals surface area contributed by atoms with Gasteiger partial charge < -0.3 is 5.11 Å². The van der Waals surface area contributed by atoms with Crippen LogP contribution in [0.3, 0.4) is 0 Å². The Kier molecular flexibility index (Phi) is 4.47. The van der Waals surface area contributed by atoms with Crippen molar-refractivity contribution in [1.82, 2.24) is 4.31 Å². The Labute approximate surface area is 107 Å². The van der Waals surface area contributed by atoms with Crippen molar-refractivity contribution < 1.29 is 17.9 Å². The third kappa shape index (κ3) is 2.71. The van der Waals surface area contributed by atoms with E-state index in [0.717, 1.165) is 4.31 Å². The second-order valence-corrected chi connectivity index (χ2v) is 6.36. The third-order valence-corrected chi connectivity index (χ3v) is 5.23. The average Bonchev–Trinajstić information content (AvgIpc) is 2.24. The van der Waals surface area contributed by atoms with Crippen molar-refractivity contribution in [3.05, 3.63) is 29.1 Å². The van der Waals surface area contributed by atoms with E-state index in [1.807, 2.05) is 0 Å². The van der Waals surface area contributed by atoms with Gasteiger partial charge in [-0.15, -0.1) is 0 Å². The molecule has 6 heteroatoms. The molecule has 0 aliphatic carbocycles. The predicted molar refractivity (Wildman–Crippen MR) is 67.4 cm³/mol. The Morgan fingerprint density at radius 2 is 1.78 bits per heavy atom. The molecule has 0 aliphatic heterocycles. The van der Waals surface area contributed by atoms with Gasteiger partial charge in [-0.05, 0) is 44.0 Å². The van der Waals surface area contributed by atoms with Gasteiger partial charge in [-0.25, -0.2) is 12.8 Å². The zero-order valence-corrected chi connectivity index (χ0v) is 11.8. The molecule has 0 amide bonds. The third-order valence-electron chi connectivity index (χ3n) is 2.95. The number of likely N-dealkylation sites (N-methyl/N-ethyl adjacent to an activating group) is 1. The Morgan fingerprint density at radius 3 is 2.17 bits per heavy atom. The van der Waals surface area contributed by atoms with Crippen molar-refractivity contribution in [2.75, 3.05) is 13.7 Å². The largest absolute Gasteiger partial charge is 0.395 e. The van der Waals surface area contributed by atoms with E-state index < -0.39 is 21.9 Å². The minimum Gasteiger partial charge on any atom is -0.395 e. The minimum absolute atomic E-state index is 0.103. The number of benzene rings is 1. The Hall–Kier alpha value is -0.980. The van der Waals surface area contributed by atoms with Gasteiger partial charge >= 0.3 is 0 Å². The summed E-state index contributed by atoms with van der Waals surface area (Å²) in [6.07, 6.45) is 0. The van der Waals surface area contributed by atoms with Crippen LogP contribution >= 0.6 is 0 Å². The van der Waals surface area contributed by atoms with Crippen molar-refractivity contribution in [3.63, 3.8) is 0 Å². The van der Waals surface area contributed by atoms with Crippen LogP contribution in [0.5, 0.6) is 0 Å². The molecule has 0 radical (unpaired) electrons. The summed E-state index contributed by atoms with van der Waals surface area (Å²) in [5, 5.41) is 9.03. The van der Waals surface area contributed by atoms with Crippen molar-refractivity contribution in [3.8, 4) is 0 Å². The van der Waals surface area contributed by atoms with Crippen molar-refractivity contribution in [1.29, 1.82) is 0 Å². The van der Waals surface area contributed by atoms with E-state index in [-0.39, 0.29) is 11.5 Å². The number of aliphatic hydroxyl groups is 1. The van der Waals surface area contributed by atoms with Crippen LogP contribution in [-0.4, -0.2) is 37.5 Å². The molecule has 1 aromatic rings. The minimum atomic E-state index is -3.72. The fourth-order valence-electron chi connectivity index (χ4n) is 1.80. The van der Waals surface area contributed by atoms with E-state index in [0.29, 0.717) is 11.1 Å². The fraction of sp³-hybridized carbons (Fsp3) is 0.500. The fourth-order valence-corrected chi connectivity index (χ4v) is 3.56. The van der Waals surface area contributed by atoms with E-state index in [9.17, 15) is 12.8 Å². The molecule has 0 aliphatic rings. The molecule has 0 saturated heterocycles. The number of sulfonamides is 1. The molecule has 0 heterocycles. The number of hydrogen-bond acceptors (Lipinski definition) is 3. The maximum Gasteiger partial charge on any atom is 0.243 e. The lowest BCUT2D eigenvalue weighted by atomic mass is 10.1. The normalized spacial score (nSPS) is 13.9. The predicted octanol–water partition coefficient (Wildman–Crippen LogP) is 1.44. The van der Waals surface area contributed by atoms with E-state index in [4.69, 9.17) is 5.11 Å². The van der Waals surface area contributed by atoms with Gasteiger partial charge in [0.25, 0.3) is 0 Å². The van der Waals surface area contributed by atoms with Crippen LogP contribution in [0.15, 0.2) is 17.0 Å². The second-order valence-electron chi connectivity index (χ2n) is 4.42. The summed E-state index contributed by atoms with van der Waals surface area (Å²) < 4.78 is 39.0. The molecule has 1 aromatic carbocycles. The SMILES string of the molecule is Cc1cc(F)cc(C)c1S(=O)(=O)N(C)C(C)CO.